The third-order valence-electron chi connectivity index (χ3n) is 25.4. The van der Waals surface area contributed by atoms with Crippen molar-refractivity contribution in [3.05, 3.63) is 411 Å². The molecule has 0 saturated carbocycles. The van der Waals surface area contributed by atoms with Gasteiger partial charge in [-0.3, -0.25) is 24.9 Å². The first-order valence-electron chi connectivity index (χ1n) is 45.0. The van der Waals surface area contributed by atoms with Crippen LogP contribution in [0.3, 0.4) is 0 Å². The van der Waals surface area contributed by atoms with Crippen LogP contribution in [0.5, 0.6) is 17.2 Å². The molecule has 23 aromatic rings. The third kappa shape index (κ3) is 16.4. The average molecular weight is 1700 g/mol. The highest BCUT2D eigenvalue weighted by molar-refractivity contribution is 6.40. The highest BCUT2D eigenvalue weighted by Gasteiger charge is 2.46. The molecule has 0 amide bonds. The molecule has 0 radical (unpaired) electrons. The van der Waals surface area contributed by atoms with Crippen molar-refractivity contribution < 1.29 is 11.4 Å². The van der Waals surface area contributed by atoms with Gasteiger partial charge in [0.1, 0.15) is 33.8 Å². The maximum absolute atomic E-state index is 6.41. The minimum atomic E-state index is -2.86. The summed E-state index contributed by atoms with van der Waals surface area (Å²) in [6.07, 6.45) is 8.99. The van der Waals surface area contributed by atoms with Crippen LogP contribution in [0.1, 0.15) is 105 Å². The van der Waals surface area contributed by atoms with E-state index in [1.807, 2.05) is 116 Å². The normalized spacial score (nSPS) is 12.0. The first kappa shape index (κ1) is 83.5. The molecule has 0 fully saturated rings. The van der Waals surface area contributed by atoms with E-state index in [0.717, 1.165) is 54.5 Å². The van der Waals surface area contributed by atoms with Crippen molar-refractivity contribution >= 4 is 156 Å². The van der Waals surface area contributed by atoms with E-state index in [2.05, 4.69) is 363 Å². The molecule has 0 unspecified atom stereocenters. The predicted octanol–water partition coefficient (Wildman–Crippen LogP) is 32.5. The maximum atomic E-state index is 6.41. The summed E-state index contributed by atoms with van der Waals surface area (Å²) in [5, 5.41) is 26.6. The molecule has 0 N–H and O–H groups in total. The van der Waals surface area contributed by atoms with Crippen LogP contribution in [-0.4, -0.2) is 40.1 Å². The first-order chi connectivity index (χ1) is 63.0. The molecule has 0 bridgehead atoms. The molecule has 9 heteroatoms. The van der Waals surface area contributed by atoms with E-state index in [1.165, 1.54) is 153 Å². The Balaban J connectivity index is 0.000000109. The Bertz CT molecular complexity index is 7530. The molecular weight excluding hydrogens is 1600 g/mol. The lowest BCUT2D eigenvalue weighted by molar-refractivity contribution is 0.311. The van der Waals surface area contributed by atoms with Crippen molar-refractivity contribution in [3.63, 3.8) is 0 Å². The van der Waals surface area contributed by atoms with Gasteiger partial charge < -0.3 is 11.4 Å². The van der Waals surface area contributed by atoms with Crippen LogP contribution in [0.25, 0.3) is 185 Å². The molecule has 130 heavy (non-hydrogen) atoms. The van der Waals surface area contributed by atoms with E-state index >= 15 is 0 Å². The molecule has 0 aliphatic heterocycles. The molecule has 5 heterocycles. The van der Waals surface area contributed by atoms with Gasteiger partial charge in [-0.25, -0.2) is 0 Å². The fraction of sp³-hybridized carbons (Fsp3) is 0.132. The largest absolute Gasteiger partial charge is 1.20 e. The fourth-order valence-electron chi connectivity index (χ4n) is 18.5. The van der Waals surface area contributed by atoms with Crippen LogP contribution in [-0.2, 0) is 21.7 Å². The number of benzene rings is 18. The lowest BCUT2D eigenvalue weighted by atomic mass is 9.76. The van der Waals surface area contributed by atoms with Gasteiger partial charge in [-0.2, -0.15) is 0 Å². The lowest BCUT2D eigenvalue weighted by Gasteiger charge is -2.28. The van der Waals surface area contributed by atoms with Gasteiger partial charge in [-0.05, 0) is 260 Å². The summed E-state index contributed by atoms with van der Waals surface area (Å²) < 4.78 is 19.2. The summed E-state index contributed by atoms with van der Waals surface area (Å²) in [6, 6.07) is 127. The number of fused-ring (bicyclic) bond motifs is 12. The van der Waals surface area contributed by atoms with Crippen LogP contribution in [0.15, 0.2) is 389 Å². The first-order valence-corrected chi connectivity index (χ1v) is 46.4. The van der Waals surface area contributed by atoms with Crippen molar-refractivity contribution in [2.45, 2.75) is 105 Å². The number of hydrogen-bond acceptors (Lipinski definition) is 8. The van der Waals surface area contributed by atoms with E-state index < -0.39 is 15.1 Å². The topological polar surface area (TPSA) is 92.1 Å². The molecule has 0 aliphatic carbocycles. The summed E-state index contributed by atoms with van der Waals surface area (Å²) in [4.78, 5) is 22.9. The molecule has 5 aromatic heterocycles. The highest BCUT2D eigenvalue weighted by atomic mass is 27.3. The second-order valence-corrected chi connectivity index (χ2v) is 39.5. The van der Waals surface area contributed by atoms with Crippen LogP contribution >= 0.6 is 0 Å². The van der Waals surface area contributed by atoms with Gasteiger partial charge in [0.05, 0.1) is 11.0 Å². The molecular formula is C121H100AlN5O3. The fourth-order valence-corrected chi connectivity index (χ4v) is 19.9. The lowest BCUT2D eigenvalue weighted by Crippen LogP contribution is -2.37. The SMILES string of the molecule is CC(C)(C)c1cc2cc(C(C)(C)C)cc3c4cc(C(C)(C)C)cc5cc(C(C)(C)C)cc(c(c1)c23)c54.c1ccc(-c2ccnc3c2ccc2c(-c4ccccc4)ccnc23)cc1.c1ccc2cc(-c3c4ccccc4c(-c4ccc5ccccc5c4)c4ccccc34)ccc2c1.c1cnc2c([O][Al]([O]c3cccc4cccnc34)[O]c3cccc4cccnc34)cccc2c1. The molecule has 18 aromatic carbocycles. The summed E-state index contributed by atoms with van der Waals surface area (Å²) >= 11 is -2.86. The van der Waals surface area contributed by atoms with Gasteiger partial charge >= 0.3 is 15.1 Å². The standard InChI is InChI=1S/C36H44.C34H22.C24H16N2.3C9H7NO.Al/c1-33(2,3)23-13-21-14-24(34(4,5)6)19-29-30-20-26(36(10,11)12)16-22-15-25(35(7,8)9)18-28(32(22)30)27(17-23)31(21)29;1-3-11-25-21-27(19-17-23(25)9-1)33-29-13-5-7-15-31(29)34(32-16-8-6-14-30(32)33)28-20-18-24-10-2-4-12-26(24)22-28;1-3-7-17(8-4-1)19-13-15-25-23-21(19)11-12-22-20(14-16-26-24(22)23)18-9-5-2-6-10-18;3*11-8-5-1-3-7-4-2-6-10-9(7)8;/h13-20H,1-12H3;1-22H;1-16H;3*1-6,11H;/q;;;;;;+3/p-3. The Morgan fingerprint density at radius 2 is 0.477 bits per heavy atom. The van der Waals surface area contributed by atoms with E-state index in [0.29, 0.717) is 17.2 Å². The van der Waals surface area contributed by atoms with E-state index in [4.69, 9.17) is 11.4 Å². The predicted molar refractivity (Wildman–Crippen MR) is 551 cm³/mol. The van der Waals surface area contributed by atoms with Gasteiger partial charge in [-0.1, -0.05) is 356 Å². The molecule has 23 rings (SSSR count). The maximum Gasteiger partial charge on any atom is 1.20 e. The number of para-hydroxylation sites is 3. The Morgan fingerprint density at radius 3 is 0.800 bits per heavy atom. The quantitative estimate of drug-likeness (QED) is 0.0760. The number of rotatable bonds is 10. The Morgan fingerprint density at radius 1 is 0.192 bits per heavy atom. The van der Waals surface area contributed by atoms with Gasteiger partial charge in [0.15, 0.2) is 0 Å². The summed E-state index contributed by atoms with van der Waals surface area (Å²) in [5.41, 5.74) is 20.0. The Hall–Kier alpha value is -14.7. The number of aromatic nitrogens is 5. The zero-order valence-corrected chi connectivity index (χ0v) is 76.6. The van der Waals surface area contributed by atoms with Gasteiger partial charge in [0.2, 0.25) is 0 Å². The Labute approximate surface area is 764 Å². The van der Waals surface area contributed by atoms with Crippen LogP contribution < -0.4 is 11.4 Å². The number of nitrogens with zero attached hydrogens (tertiary/aromatic N) is 5. The van der Waals surface area contributed by atoms with E-state index in [1.54, 1.807) is 18.6 Å². The van der Waals surface area contributed by atoms with Crippen molar-refractivity contribution in [2.24, 2.45) is 0 Å². The number of pyridine rings is 5. The monoisotopic (exact) mass is 1700 g/mol. The minimum Gasteiger partial charge on any atom is -0.576 e. The van der Waals surface area contributed by atoms with Crippen molar-refractivity contribution in [1.29, 1.82) is 0 Å². The van der Waals surface area contributed by atoms with Gasteiger partial charge in [0, 0.05) is 57.9 Å². The summed E-state index contributed by atoms with van der Waals surface area (Å²) in [7, 11) is 0. The van der Waals surface area contributed by atoms with Crippen molar-refractivity contribution in [1.82, 2.24) is 24.9 Å². The zero-order chi connectivity index (χ0) is 89.2. The molecule has 8 nitrogen and oxygen atoms in total. The van der Waals surface area contributed by atoms with Crippen molar-refractivity contribution in [2.75, 3.05) is 0 Å². The van der Waals surface area contributed by atoms with Crippen molar-refractivity contribution in [3.8, 4) is 61.8 Å². The Kier molecular flexibility index (Phi) is 21.9. The molecule has 0 atom stereocenters. The number of hydrogen-bond donors (Lipinski definition) is 0. The molecule has 0 saturated heterocycles. The van der Waals surface area contributed by atoms with Gasteiger partial charge in [-0.15, -0.1) is 0 Å². The van der Waals surface area contributed by atoms with Crippen LogP contribution in [0.4, 0.5) is 0 Å². The van der Waals surface area contributed by atoms with E-state index in [9.17, 15) is 0 Å². The third-order valence-corrected chi connectivity index (χ3v) is 26.7. The minimum absolute atomic E-state index is 0.0830. The van der Waals surface area contributed by atoms with Gasteiger partial charge in [0.25, 0.3) is 0 Å². The molecule has 0 aliphatic rings. The van der Waals surface area contributed by atoms with E-state index in [-0.39, 0.29) is 21.7 Å². The smallest absolute Gasteiger partial charge is 0.576 e. The molecule has 0 spiro atoms. The zero-order valence-electron chi connectivity index (χ0n) is 75.5. The second-order valence-electron chi connectivity index (χ2n) is 38.2. The average Bonchev–Trinajstić information content (AvgIpc) is 0.700. The van der Waals surface area contributed by atoms with Crippen LogP contribution in [0.2, 0.25) is 0 Å². The molecule has 630 valence electrons. The summed E-state index contributed by atoms with van der Waals surface area (Å²) in [6.45, 7) is 28.0. The highest BCUT2D eigenvalue weighted by Crippen LogP contribution is 2.49. The second kappa shape index (κ2) is 34.1. The summed E-state index contributed by atoms with van der Waals surface area (Å²) in [5.74, 6) is 1.82. The van der Waals surface area contributed by atoms with Crippen LogP contribution in [0, 0.1) is 0 Å².